The van der Waals surface area contributed by atoms with Gasteiger partial charge in [-0.25, -0.2) is 4.68 Å². The molecule has 1 fully saturated rings. The molecule has 1 unspecified atom stereocenters. The molecule has 2 heterocycles. The van der Waals surface area contributed by atoms with Gasteiger partial charge in [0.15, 0.2) is 0 Å². The molecule has 1 saturated heterocycles. The van der Waals surface area contributed by atoms with Crippen LogP contribution < -0.4 is 0 Å². The molecule has 1 amide bonds. The van der Waals surface area contributed by atoms with Crippen LogP contribution in [0.25, 0.3) is 5.69 Å². The number of piperidine rings is 1. The Balaban J connectivity index is 1.71. The summed E-state index contributed by atoms with van der Waals surface area (Å²) in [7, 11) is 0. The minimum atomic E-state index is -5.02. The first-order valence-electron chi connectivity index (χ1n) is 8.36. The van der Waals surface area contributed by atoms with Crippen molar-refractivity contribution in [3.8, 4) is 5.69 Å². The lowest BCUT2D eigenvalue weighted by Gasteiger charge is -2.36. The molecule has 27 heavy (non-hydrogen) atoms. The van der Waals surface area contributed by atoms with Crippen molar-refractivity contribution >= 4 is 17.5 Å². The van der Waals surface area contributed by atoms with Crippen LogP contribution in [0.1, 0.15) is 31.4 Å². The Bertz CT molecular complexity index is 812. The first kappa shape index (κ1) is 19.6. The molecule has 1 aliphatic rings. The smallest absolute Gasteiger partial charge is 0.373 e. The zero-order valence-corrected chi connectivity index (χ0v) is 15.2. The summed E-state index contributed by atoms with van der Waals surface area (Å²) in [6.45, 7) is 0.712. The second-order valence-electron chi connectivity index (χ2n) is 6.68. The van der Waals surface area contributed by atoms with Gasteiger partial charge in [-0.15, -0.1) is 5.10 Å². The molecule has 0 spiro atoms. The Morgan fingerprint density at radius 1 is 1.22 bits per heavy atom. The van der Waals surface area contributed by atoms with Crippen LogP contribution in [-0.4, -0.2) is 55.8 Å². The Morgan fingerprint density at radius 3 is 2.37 bits per heavy atom. The zero-order valence-electron chi connectivity index (χ0n) is 14.4. The quantitative estimate of drug-likeness (QED) is 0.856. The Morgan fingerprint density at radius 2 is 1.81 bits per heavy atom. The van der Waals surface area contributed by atoms with Crippen LogP contribution in [0.15, 0.2) is 30.5 Å². The maximum Gasteiger partial charge on any atom is 0.426 e. The average Bonchev–Trinajstić information content (AvgIpc) is 3.10. The maximum absolute atomic E-state index is 12.9. The summed E-state index contributed by atoms with van der Waals surface area (Å²) in [5.41, 5.74) is -1.80. The molecule has 0 radical (unpaired) electrons. The summed E-state index contributed by atoms with van der Waals surface area (Å²) >= 11 is 5.89. The second-order valence-corrected chi connectivity index (χ2v) is 7.12. The van der Waals surface area contributed by atoms with Gasteiger partial charge in [0.2, 0.25) is 5.60 Å². The van der Waals surface area contributed by atoms with Crippen LogP contribution in [0.2, 0.25) is 5.02 Å². The summed E-state index contributed by atoms with van der Waals surface area (Å²) in [6.07, 6.45) is -2.51. The fourth-order valence-electron chi connectivity index (χ4n) is 3.11. The number of carbonyl (C=O) groups is 1. The average molecular weight is 403 g/mol. The van der Waals surface area contributed by atoms with Crippen molar-refractivity contribution < 1.29 is 23.1 Å². The monoisotopic (exact) mass is 402 g/mol. The van der Waals surface area contributed by atoms with Gasteiger partial charge in [-0.2, -0.15) is 13.2 Å². The van der Waals surface area contributed by atoms with Crippen LogP contribution in [0.3, 0.4) is 0 Å². The lowest BCUT2D eigenvalue weighted by Crippen LogP contribution is -2.57. The minimum Gasteiger partial charge on any atom is -0.373 e. The van der Waals surface area contributed by atoms with Crippen LogP contribution in [0.5, 0.6) is 0 Å². The number of likely N-dealkylation sites (tertiary alicyclic amines) is 1. The number of amides is 1. The van der Waals surface area contributed by atoms with E-state index >= 15 is 0 Å². The van der Waals surface area contributed by atoms with Crippen molar-refractivity contribution in [2.45, 2.75) is 37.5 Å². The summed E-state index contributed by atoms with van der Waals surface area (Å²) < 4.78 is 40.3. The van der Waals surface area contributed by atoms with Gasteiger partial charge in [0, 0.05) is 24.0 Å². The largest absolute Gasteiger partial charge is 0.426 e. The highest BCUT2D eigenvalue weighted by Gasteiger charge is 2.57. The van der Waals surface area contributed by atoms with Crippen molar-refractivity contribution in [3.05, 3.63) is 41.2 Å². The highest BCUT2D eigenvalue weighted by Crippen LogP contribution is 2.34. The summed E-state index contributed by atoms with van der Waals surface area (Å²) in [4.78, 5) is 13.1. The number of aromatic nitrogens is 3. The van der Waals surface area contributed by atoms with Crippen molar-refractivity contribution in [3.63, 3.8) is 0 Å². The normalized spacial score (nSPS) is 18.4. The fourth-order valence-corrected chi connectivity index (χ4v) is 3.24. The van der Waals surface area contributed by atoms with E-state index in [9.17, 15) is 23.1 Å². The molecule has 0 aliphatic carbocycles. The zero-order chi connectivity index (χ0) is 19.8. The number of carbonyl (C=O) groups excluding carboxylic acids is 1. The number of alkyl halides is 3. The Kier molecular flexibility index (Phi) is 5.18. The van der Waals surface area contributed by atoms with E-state index in [2.05, 4.69) is 10.3 Å². The third kappa shape index (κ3) is 3.79. The molecule has 1 aromatic heterocycles. The molecule has 0 bridgehead atoms. The predicted molar refractivity (Wildman–Crippen MR) is 91.6 cm³/mol. The number of hydrogen-bond donors (Lipinski definition) is 1. The molecule has 1 aromatic carbocycles. The van der Waals surface area contributed by atoms with Crippen molar-refractivity contribution in [2.24, 2.45) is 0 Å². The van der Waals surface area contributed by atoms with Gasteiger partial charge in [0.25, 0.3) is 5.91 Å². The molecule has 1 atom stereocenters. The van der Waals surface area contributed by atoms with Crippen LogP contribution >= 0.6 is 11.6 Å². The molecule has 6 nitrogen and oxygen atoms in total. The van der Waals surface area contributed by atoms with E-state index in [1.165, 1.54) is 0 Å². The van der Waals surface area contributed by atoms with Crippen molar-refractivity contribution in [1.29, 1.82) is 0 Å². The Hall–Kier alpha value is -2.13. The third-order valence-electron chi connectivity index (χ3n) is 4.82. The van der Waals surface area contributed by atoms with E-state index in [0.717, 1.165) is 16.3 Å². The molecular formula is C17H18ClF3N4O2. The van der Waals surface area contributed by atoms with E-state index in [1.807, 2.05) is 0 Å². The lowest BCUT2D eigenvalue weighted by molar-refractivity contribution is -0.250. The standard InChI is InChI=1S/C17H18ClF3N4O2/c1-16(27,17(19,20)21)15(26)24-8-6-11(7-9-24)14-10-22-23-25(14)13-4-2-12(18)3-5-13/h2-5,10-11,27H,6-9H2,1H3. The molecule has 1 N–H and O–H groups in total. The number of rotatable bonds is 3. The molecule has 10 heteroatoms. The van der Waals surface area contributed by atoms with Gasteiger partial charge in [-0.3, -0.25) is 4.79 Å². The van der Waals surface area contributed by atoms with Crippen LogP contribution in [0.4, 0.5) is 13.2 Å². The number of nitrogens with zero attached hydrogens (tertiary/aromatic N) is 4. The van der Waals surface area contributed by atoms with Crippen LogP contribution in [-0.2, 0) is 4.79 Å². The SMILES string of the molecule is CC(O)(C(=O)N1CCC(c2cnnn2-c2ccc(Cl)cc2)CC1)C(F)(F)F. The lowest BCUT2D eigenvalue weighted by atomic mass is 9.92. The predicted octanol–water partition coefficient (Wildman–Crippen LogP) is 2.94. The van der Waals surface area contributed by atoms with Gasteiger partial charge in [-0.05, 0) is 44.0 Å². The molecule has 3 rings (SSSR count). The third-order valence-corrected chi connectivity index (χ3v) is 5.07. The van der Waals surface area contributed by atoms with Crippen molar-refractivity contribution in [2.75, 3.05) is 13.1 Å². The number of benzene rings is 1. The van der Waals surface area contributed by atoms with E-state index in [4.69, 9.17) is 11.6 Å². The molecule has 2 aromatic rings. The van der Waals surface area contributed by atoms with Gasteiger partial charge >= 0.3 is 6.18 Å². The van der Waals surface area contributed by atoms with Gasteiger partial charge in [-0.1, -0.05) is 16.8 Å². The van der Waals surface area contributed by atoms with E-state index < -0.39 is 17.7 Å². The van der Waals surface area contributed by atoms with E-state index in [1.54, 1.807) is 35.1 Å². The fraction of sp³-hybridized carbons (Fsp3) is 0.471. The minimum absolute atomic E-state index is 0.0180. The summed E-state index contributed by atoms with van der Waals surface area (Å²) in [6, 6.07) is 7.03. The topological polar surface area (TPSA) is 71.2 Å². The van der Waals surface area contributed by atoms with Crippen molar-refractivity contribution in [1.82, 2.24) is 19.9 Å². The number of hydrogen-bond acceptors (Lipinski definition) is 4. The molecule has 146 valence electrons. The molecular weight excluding hydrogens is 385 g/mol. The van der Waals surface area contributed by atoms with Gasteiger partial charge in [0.1, 0.15) is 0 Å². The summed E-state index contributed by atoms with van der Waals surface area (Å²) in [5, 5.41) is 18.2. The molecule has 0 saturated carbocycles. The van der Waals surface area contributed by atoms with E-state index in [-0.39, 0.29) is 19.0 Å². The highest BCUT2D eigenvalue weighted by atomic mass is 35.5. The first-order chi connectivity index (χ1) is 12.6. The van der Waals surface area contributed by atoms with E-state index in [0.29, 0.717) is 24.8 Å². The maximum atomic E-state index is 12.9. The number of halogens is 4. The second kappa shape index (κ2) is 7.12. The molecule has 1 aliphatic heterocycles. The highest BCUT2D eigenvalue weighted by molar-refractivity contribution is 6.30. The van der Waals surface area contributed by atoms with Crippen LogP contribution in [0, 0.1) is 0 Å². The number of aliphatic hydroxyl groups is 1. The van der Waals surface area contributed by atoms with Gasteiger partial charge < -0.3 is 10.0 Å². The summed E-state index contributed by atoms with van der Waals surface area (Å²) in [5.74, 6) is -1.34. The first-order valence-corrected chi connectivity index (χ1v) is 8.74. The van der Waals surface area contributed by atoms with Gasteiger partial charge in [0.05, 0.1) is 17.6 Å². The Labute approximate surface area is 158 Å².